The van der Waals surface area contributed by atoms with Gasteiger partial charge in [-0.2, -0.15) is 0 Å². The Hall–Kier alpha value is -0.490. The summed E-state index contributed by atoms with van der Waals surface area (Å²) in [5.74, 6) is -0.487. The van der Waals surface area contributed by atoms with Gasteiger partial charge in [0.05, 0.1) is 26.4 Å². The molecule has 0 spiro atoms. The number of aliphatic hydroxyl groups excluding tert-OH is 2. The molecule has 1 fully saturated rings. The maximum Gasteiger partial charge on any atom is 0.170 e. The molecule has 2 atom stereocenters. The molecule has 1 saturated heterocycles. The molecular formula is C14H28O5. The van der Waals surface area contributed by atoms with Crippen molar-refractivity contribution in [2.24, 2.45) is 11.8 Å². The van der Waals surface area contributed by atoms with Crippen molar-refractivity contribution in [2.45, 2.75) is 46.3 Å². The maximum absolute atomic E-state index is 10.4. The van der Waals surface area contributed by atoms with Crippen LogP contribution in [0.15, 0.2) is 0 Å². The van der Waals surface area contributed by atoms with Crippen molar-refractivity contribution < 1.29 is 24.5 Å². The molecule has 2 unspecified atom stereocenters. The topological polar surface area (TPSA) is 76.0 Å². The first-order valence-electron chi connectivity index (χ1n) is 6.95. The van der Waals surface area contributed by atoms with Gasteiger partial charge in [0.2, 0.25) is 0 Å². The first-order valence-corrected chi connectivity index (χ1v) is 6.95. The lowest BCUT2D eigenvalue weighted by molar-refractivity contribution is -0.189. The van der Waals surface area contributed by atoms with Crippen LogP contribution in [0.5, 0.6) is 0 Å². The standard InChI is InChI=1S/C8H16O3.C6H12O2/c1-3-7(6-9)8(2)10-4-5-11-8;1-3-6(4-7)5(2)8/h7,9H,3-6H2,1-2H3;6-7H,3-4H2,1-2H3. The highest BCUT2D eigenvalue weighted by atomic mass is 16.7. The molecule has 0 aromatic heterocycles. The first kappa shape index (κ1) is 18.5. The quantitative estimate of drug-likeness (QED) is 0.766. The summed E-state index contributed by atoms with van der Waals surface area (Å²) in [6, 6.07) is 0. The Morgan fingerprint density at radius 2 is 1.68 bits per heavy atom. The Morgan fingerprint density at radius 3 is 1.89 bits per heavy atom. The third-order valence-electron chi connectivity index (χ3n) is 3.60. The van der Waals surface area contributed by atoms with Crippen LogP contribution in [0.2, 0.25) is 0 Å². The summed E-state index contributed by atoms with van der Waals surface area (Å²) in [5.41, 5.74) is 0. The zero-order valence-electron chi connectivity index (χ0n) is 12.5. The molecule has 114 valence electrons. The van der Waals surface area contributed by atoms with Gasteiger partial charge in [0, 0.05) is 11.8 Å². The fraction of sp³-hybridized carbons (Fsp3) is 0.929. The van der Waals surface area contributed by atoms with Gasteiger partial charge in [0.1, 0.15) is 5.78 Å². The molecule has 0 radical (unpaired) electrons. The van der Waals surface area contributed by atoms with Crippen LogP contribution < -0.4 is 0 Å². The van der Waals surface area contributed by atoms with Gasteiger partial charge in [-0.15, -0.1) is 0 Å². The van der Waals surface area contributed by atoms with Crippen LogP contribution in [0, 0.1) is 11.8 Å². The van der Waals surface area contributed by atoms with Crippen molar-refractivity contribution in [3.63, 3.8) is 0 Å². The summed E-state index contributed by atoms with van der Waals surface area (Å²) in [5, 5.41) is 17.5. The van der Waals surface area contributed by atoms with E-state index < -0.39 is 5.79 Å². The highest BCUT2D eigenvalue weighted by molar-refractivity contribution is 5.78. The van der Waals surface area contributed by atoms with Gasteiger partial charge >= 0.3 is 0 Å². The molecule has 0 aliphatic carbocycles. The Balaban J connectivity index is 0.000000362. The summed E-state index contributed by atoms with van der Waals surface area (Å²) in [6.07, 6.45) is 1.62. The first-order chi connectivity index (χ1) is 8.95. The number of Topliss-reactive ketones (excluding diaryl/α,β-unsaturated/α-hetero) is 1. The largest absolute Gasteiger partial charge is 0.396 e. The molecule has 1 heterocycles. The second-order valence-electron chi connectivity index (χ2n) is 4.90. The number of hydrogen-bond donors (Lipinski definition) is 2. The van der Waals surface area contributed by atoms with Crippen molar-refractivity contribution in [3.05, 3.63) is 0 Å². The number of hydrogen-bond acceptors (Lipinski definition) is 5. The third-order valence-corrected chi connectivity index (χ3v) is 3.60. The van der Waals surface area contributed by atoms with E-state index in [2.05, 4.69) is 0 Å². The molecule has 0 saturated carbocycles. The predicted molar refractivity (Wildman–Crippen MR) is 72.7 cm³/mol. The zero-order chi connectivity index (χ0) is 14.9. The summed E-state index contributed by atoms with van der Waals surface area (Å²) < 4.78 is 10.8. The van der Waals surface area contributed by atoms with Crippen molar-refractivity contribution >= 4 is 5.78 Å². The van der Waals surface area contributed by atoms with E-state index in [1.165, 1.54) is 6.92 Å². The molecule has 2 N–H and O–H groups in total. The van der Waals surface area contributed by atoms with E-state index in [0.29, 0.717) is 13.2 Å². The van der Waals surface area contributed by atoms with Crippen LogP contribution in [0.25, 0.3) is 0 Å². The van der Waals surface area contributed by atoms with E-state index in [-0.39, 0.29) is 30.8 Å². The minimum absolute atomic E-state index is 0.00810. The van der Waals surface area contributed by atoms with E-state index in [0.717, 1.165) is 12.8 Å². The normalized spacial score (nSPS) is 20.3. The summed E-state index contributed by atoms with van der Waals surface area (Å²) in [4.78, 5) is 10.4. The number of carbonyl (C=O) groups excluding carboxylic acids is 1. The van der Waals surface area contributed by atoms with Gasteiger partial charge in [-0.05, 0) is 26.7 Å². The highest BCUT2D eigenvalue weighted by Gasteiger charge is 2.38. The van der Waals surface area contributed by atoms with Gasteiger partial charge in [0.15, 0.2) is 5.79 Å². The molecule has 5 nitrogen and oxygen atoms in total. The highest BCUT2D eigenvalue weighted by Crippen LogP contribution is 2.29. The zero-order valence-corrected chi connectivity index (χ0v) is 12.5. The molecule has 1 rings (SSSR count). The predicted octanol–water partition coefficient (Wildman–Crippen LogP) is 1.36. The van der Waals surface area contributed by atoms with E-state index in [4.69, 9.17) is 19.7 Å². The fourth-order valence-electron chi connectivity index (χ4n) is 1.98. The van der Waals surface area contributed by atoms with E-state index in [1.54, 1.807) is 0 Å². The molecule has 5 heteroatoms. The molecule has 1 aliphatic heterocycles. The van der Waals surface area contributed by atoms with Crippen LogP contribution in [0.1, 0.15) is 40.5 Å². The lowest BCUT2D eigenvalue weighted by Gasteiger charge is -2.29. The van der Waals surface area contributed by atoms with Gasteiger partial charge < -0.3 is 19.7 Å². The number of carbonyl (C=O) groups is 1. The molecule has 0 aromatic carbocycles. The second-order valence-corrected chi connectivity index (χ2v) is 4.90. The SMILES string of the molecule is CCC(CO)C(C)=O.CCC(CO)C1(C)OCCO1. The second kappa shape index (κ2) is 9.42. The van der Waals surface area contributed by atoms with Crippen LogP contribution in [-0.2, 0) is 14.3 Å². The monoisotopic (exact) mass is 276 g/mol. The molecule has 0 amide bonds. The van der Waals surface area contributed by atoms with Crippen molar-refractivity contribution in [2.75, 3.05) is 26.4 Å². The van der Waals surface area contributed by atoms with E-state index >= 15 is 0 Å². The number of ether oxygens (including phenoxy) is 2. The summed E-state index contributed by atoms with van der Waals surface area (Å²) in [6.45, 7) is 8.73. The van der Waals surface area contributed by atoms with E-state index in [9.17, 15) is 4.79 Å². The van der Waals surface area contributed by atoms with E-state index in [1.807, 2.05) is 20.8 Å². The van der Waals surface area contributed by atoms with Crippen molar-refractivity contribution in [3.8, 4) is 0 Å². The molecular weight excluding hydrogens is 248 g/mol. The fourth-order valence-corrected chi connectivity index (χ4v) is 1.98. The van der Waals surface area contributed by atoms with Crippen molar-refractivity contribution in [1.82, 2.24) is 0 Å². The average molecular weight is 276 g/mol. The van der Waals surface area contributed by atoms with Crippen molar-refractivity contribution in [1.29, 1.82) is 0 Å². The molecule has 1 aliphatic rings. The maximum atomic E-state index is 10.4. The smallest absolute Gasteiger partial charge is 0.170 e. The molecule has 0 aromatic rings. The van der Waals surface area contributed by atoms with Gasteiger partial charge in [0.25, 0.3) is 0 Å². The summed E-state index contributed by atoms with van der Waals surface area (Å²) in [7, 11) is 0. The average Bonchev–Trinajstić information content (AvgIpc) is 2.80. The minimum Gasteiger partial charge on any atom is -0.396 e. The number of rotatable bonds is 6. The lowest BCUT2D eigenvalue weighted by Crippen LogP contribution is -2.37. The molecule has 19 heavy (non-hydrogen) atoms. The van der Waals surface area contributed by atoms with Gasteiger partial charge in [-0.1, -0.05) is 13.8 Å². The molecule has 0 bridgehead atoms. The lowest BCUT2D eigenvalue weighted by atomic mass is 9.98. The summed E-state index contributed by atoms with van der Waals surface area (Å²) >= 11 is 0. The van der Waals surface area contributed by atoms with Crippen LogP contribution in [-0.4, -0.2) is 48.2 Å². The Morgan fingerprint density at radius 1 is 1.16 bits per heavy atom. The van der Waals surface area contributed by atoms with Crippen LogP contribution >= 0.6 is 0 Å². The Labute approximate surface area is 115 Å². The van der Waals surface area contributed by atoms with Crippen LogP contribution in [0.3, 0.4) is 0 Å². The minimum atomic E-state index is -0.538. The Bertz CT molecular complexity index is 240. The van der Waals surface area contributed by atoms with Crippen LogP contribution in [0.4, 0.5) is 0 Å². The van der Waals surface area contributed by atoms with Gasteiger partial charge in [-0.25, -0.2) is 0 Å². The number of aliphatic hydroxyl groups is 2. The Kier molecular flexibility index (Phi) is 9.18. The number of ketones is 1. The van der Waals surface area contributed by atoms with Gasteiger partial charge in [-0.3, -0.25) is 4.79 Å². The third kappa shape index (κ3) is 5.99.